The highest BCUT2D eigenvalue weighted by atomic mass is 35.5. The zero-order chi connectivity index (χ0) is 13.8. The molecule has 2 nitrogen and oxygen atoms in total. The lowest BCUT2D eigenvalue weighted by Gasteiger charge is -2.60. The van der Waals surface area contributed by atoms with Crippen LogP contribution in [0.15, 0.2) is 24.3 Å². The molecule has 20 heavy (non-hydrogen) atoms. The molecular formula is C17H22ClNO. The molecule has 2 atom stereocenters. The Hall–Kier alpha value is -0.570. The lowest BCUT2D eigenvalue weighted by Crippen LogP contribution is -2.64. The van der Waals surface area contributed by atoms with Gasteiger partial charge in [0.2, 0.25) is 0 Å². The van der Waals surface area contributed by atoms with Gasteiger partial charge in [-0.25, -0.2) is 0 Å². The van der Waals surface area contributed by atoms with Crippen molar-refractivity contribution in [1.82, 2.24) is 5.32 Å². The number of hydrogen-bond donors (Lipinski definition) is 2. The van der Waals surface area contributed by atoms with E-state index in [2.05, 4.69) is 11.4 Å². The van der Waals surface area contributed by atoms with Gasteiger partial charge in [-0.2, -0.15) is 0 Å². The van der Waals surface area contributed by atoms with Gasteiger partial charge in [-0.1, -0.05) is 29.8 Å². The summed E-state index contributed by atoms with van der Waals surface area (Å²) >= 11 is 6.25. The smallest absolute Gasteiger partial charge is 0.0670 e. The van der Waals surface area contributed by atoms with Crippen LogP contribution in [0.3, 0.4) is 0 Å². The van der Waals surface area contributed by atoms with Crippen LogP contribution in [-0.2, 0) is 6.54 Å². The second-order valence-corrected chi connectivity index (χ2v) is 7.82. The van der Waals surface area contributed by atoms with Crippen molar-refractivity contribution in [1.29, 1.82) is 0 Å². The van der Waals surface area contributed by atoms with E-state index in [1.807, 2.05) is 18.2 Å². The van der Waals surface area contributed by atoms with Crippen LogP contribution >= 0.6 is 11.6 Å². The lowest BCUT2D eigenvalue weighted by molar-refractivity contribution is -0.142. The summed E-state index contributed by atoms with van der Waals surface area (Å²) in [6.07, 6.45) is 6.78. The van der Waals surface area contributed by atoms with Crippen molar-refractivity contribution in [3.8, 4) is 0 Å². The van der Waals surface area contributed by atoms with Gasteiger partial charge in [0.1, 0.15) is 0 Å². The van der Waals surface area contributed by atoms with Crippen molar-refractivity contribution in [3.63, 3.8) is 0 Å². The fourth-order valence-electron chi connectivity index (χ4n) is 5.35. The molecule has 0 spiro atoms. The zero-order valence-electron chi connectivity index (χ0n) is 11.7. The number of halogens is 1. The van der Waals surface area contributed by atoms with Crippen molar-refractivity contribution >= 4 is 11.6 Å². The van der Waals surface area contributed by atoms with Crippen LogP contribution in [0.2, 0.25) is 5.02 Å². The Labute approximate surface area is 125 Å². The number of nitrogens with one attached hydrogen (secondary N) is 1. The SMILES string of the molecule is OC12C[C@H]3C[C@H](C1)CC(NCc1ccccc1Cl)(C3)C2. The van der Waals surface area contributed by atoms with Gasteiger partial charge < -0.3 is 10.4 Å². The summed E-state index contributed by atoms with van der Waals surface area (Å²) in [7, 11) is 0. The minimum Gasteiger partial charge on any atom is -0.390 e. The van der Waals surface area contributed by atoms with Crippen LogP contribution in [0.25, 0.3) is 0 Å². The van der Waals surface area contributed by atoms with Crippen molar-refractivity contribution < 1.29 is 5.11 Å². The maximum atomic E-state index is 10.8. The number of benzene rings is 1. The van der Waals surface area contributed by atoms with Crippen LogP contribution < -0.4 is 5.32 Å². The van der Waals surface area contributed by atoms with E-state index in [9.17, 15) is 5.11 Å². The normalized spacial score (nSPS) is 42.1. The summed E-state index contributed by atoms with van der Waals surface area (Å²) in [6.45, 7) is 0.815. The molecule has 4 aliphatic rings. The highest BCUT2D eigenvalue weighted by molar-refractivity contribution is 6.31. The predicted octanol–water partition coefficient (Wildman–Crippen LogP) is 3.51. The van der Waals surface area contributed by atoms with Crippen LogP contribution in [0, 0.1) is 11.8 Å². The van der Waals surface area contributed by atoms with Crippen molar-refractivity contribution in [3.05, 3.63) is 34.9 Å². The summed E-state index contributed by atoms with van der Waals surface area (Å²) in [6, 6.07) is 8.05. The molecule has 4 saturated carbocycles. The molecule has 1 aromatic rings. The molecule has 5 rings (SSSR count). The Bertz CT molecular complexity index is 515. The Balaban J connectivity index is 1.53. The van der Waals surface area contributed by atoms with Crippen molar-refractivity contribution in [2.45, 2.75) is 56.2 Å². The molecule has 0 heterocycles. The first kappa shape index (κ1) is 13.1. The minimum atomic E-state index is -0.391. The standard InChI is InChI=1S/C17H22ClNO/c18-15-4-2-1-3-14(15)10-19-16-6-12-5-13(7-16)9-17(20,8-12)11-16/h1-4,12-13,19-20H,5-11H2/t12-,13-,16?,17?/m0/s1. The first-order valence-corrected chi connectivity index (χ1v) is 8.15. The third kappa shape index (κ3) is 2.18. The molecule has 0 unspecified atom stereocenters. The minimum absolute atomic E-state index is 0.151. The van der Waals surface area contributed by atoms with Gasteiger partial charge in [0.25, 0.3) is 0 Å². The number of hydrogen-bond acceptors (Lipinski definition) is 2. The van der Waals surface area contributed by atoms with Gasteiger partial charge in [0.05, 0.1) is 5.60 Å². The van der Waals surface area contributed by atoms with E-state index in [-0.39, 0.29) is 5.54 Å². The van der Waals surface area contributed by atoms with E-state index in [1.54, 1.807) is 0 Å². The Kier molecular flexibility index (Phi) is 2.93. The topological polar surface area (TPSA) is 32.3 Å². The van der Waals surface area contributed by atoms with Gasteiger partial charge in [-0.3, -0.25) is 0 Å². The fourth-order valence-corrected chi connectivity index (χ4v) is 5.55. The Morgan fingerprint density at radius 2 is 1.85 bits per heavy atom. The number of rotatable bonds is 3. The third-order valence-electron chi connectivity index (χ3n) is 5.64. The van der Waals surface area contributed by atoms with Crippen LogP contribution in [-0.4, -0.2) is 16.2 Å². The van der Waals surface area contributed by atoms with Gasteiger partial charge in [-0.05, 0) is 62.0 Å². The van der Waals surface area contributed by atoms with Crippen molar-refractivity contribution in [2.24, 2.45) is 11.8 Å². The first-order valence-electron chi connectivity index (χ1n) is 7.77. The summed E-state index contributed by atoms with van der Waals surface area (Å²) in [5.74, 6) is 1.44. The average Bonchev–Trinajstić information content (AvgIpc) is 2.35. The molecule has 108 valence electrons. The van der Waals surface area contributed by atoms with E-state index in [0.29, 0.717) is 0 Å². The molecule has 3 heteroatoms. The molecule has 4 bridgehead atoms. The van der Waals surface area contributed by atoms with E-state index in [4.69, 9.17) is 11.6 Å². The highest BCUT2D eigenvalue weighted by Crippen LogP contribution is 2.57. The van der Waals surface area contributed by atoms with E-state index in [1.165, 1.54) is 19.3 Å². The lowest BCUT2D eigenvalue weighted by atomic mass is 9.51. The summed E-state index contributed by atoms with van der Waals surface area (Å²) in [5, 5.41) is 15.4. The second-order valence-electron chi connectivity index (χ2n) is 7.41. The molecule has 0 radical (unpaired) electrons. The molecule has 1 aromatic carbocycles. The maximum Gasteiger partial charge on any atom is 0.0670 e. The van der Waals surface area contributed by atoms with E-state index in [0.717, 1.165) is 48.2 Å². The van der Waals surface area contributed by atoms with Gasteiger partial charge >= 0.3 is 0 Å². The maximum absolute atomic E-state index is 10.8. The van der Waals surface area contributed by atoms with Gasteiger partial charge in [-0.15, -0.1) is 0 Å². The second kappa shape index (κ2) is 4.46. The molecule has 4 fully saturated rings. The van der Waals surface area contributed by atoms with E-state index < -0.39 is 5.60 Å². The monoisotopic (exact) mass is 291 g/mol. The number of aliphatic hydroxyl groups is 1. The molecule has 0 amide bonds. The summed E-state index contributed by atoms with van der Waals surface area (Å²) < 4.78 is 0. The molecule has 4 aliphatic carbocycles. The molecule has 0 aliphatic heterocycles. The largest absolute Gasteiger partial charge is 0.390 e. The molecule has 0 aromatic heterocycles. The fraction of sp³-hybridized carbons (Fsp3) is 0.647. The van der Waals surface area contributed by atoms with Crippen LogP contribution in [0.4, 0.5) is 0 Å². The van der Waals surface area contributed by atoms with Gasteiger partial charge in [0, 0.05) is 17.1 Å². The average molecular weight is 292 g/mol. The molecule has 0 saturated heterocycles. The highest BCUT2D eigenvalue weighted by Gasteiger charge is 2.56. The summed E-state index contributed by atoms with van der Waals surface area (Å²) in [5.41, 5.74) is 0.923. The predicted molar refractivity (Wildman–Crippen MR) is 80.7 cm³/mol. The van der Waals surface area contributed by atoms with Crippen LogP contribution in [0.5, 0.6) is 0 Å². The molecular weight excluding hydrogens is 270 g/mol. The molecule has 2 N–H and O–H groups in total. The Morgan fingerprint density at radius 3 is 2.50 bits per heavy atom. The third-order valence-corrected chi connectivity index (χ3v) is 6.01. The zero-order valence-corrected chi connectivity index (χ0v) is 12.5. The quantitative estimate of drug-likeness (QED) is 0.893. The van der Waals surface area contributed by atoms with Crippen LogP contribution in [0.1, 0.15) is 44.1 Å². The van der Waals surface area contributed by atoms with Gasteiger partial charge in [0.15, 0.2) is 0 Å². The first-order chi connectivity index (χ1) is 9.56. The van der Waals surface area contributed by atoms with E-state index >= 15 is 0 Å². The Morgan fingerprint density at radius 1 is 1.15 bits per heavy atom. The summed E-state index contributed by atoms with van der Waals surface area (Å²) in [4.78, 5) is 0. The van der Waals surface area contributed by atoms with Crippen molar-refractivity contribution in [2.75, 3.05) is 0 Å².